The van der Waals surface area contributed by atoms with E-state index in [2.05, 4.69) is 57.6 Å². The Morgan fingerprint density at radius 3 is 2.65 bits per heavy atom. The lowest BCUT2D eigenvalue weighted by Crippen LogP contribution is -2.19. The second-order valence-electron chi connectivity index (χ2n) is 6.67. The van der Waals surface area contributed by atoms with E-state index < -0.39 is 0 Å². The van der Waals surface area contributed by atoms with Crippen molar-refractivity contribution < 1.29 is 0 Å². The highest BCUT2D eigenvalue weighted by atomic mass is 14.3. The molecule has 20 heavy (non-hydrogen) atoms. The highest BCUT2D eigenvalue weighted by Gasteiger charge is 2.26. The number of hydrogen-bond acceptors (Lipinski definition) is 0. The van der Waals surface area contributed by atoms with Crippen LogP contribution in [0.25, 0.3) is 0 Å². The Kier molecular flexibility index (Phi) is 6.16. The molecule has 0 fully saturated rings. The lowest BCUT2D eigenvalue weighted by molar-refractivity contribution is 0.376. The normalized spacial score (nSPS) is 21.0. The number of hydrogen-bond donors (Lipinski definition) is 0. The first-order valence-corrected chi connectivity index (χ1v) is 7.69. The van der Waals surface area contributed by atoms with Gasteiger partial charge >= 0.3 is 0 Å². The smallest absolute Gasteiger partial charge is 0.0357 e. The quantitative estimate of drug-likeness (QED) is 0.604. The van der Waals surface area contributed by atoms with Crippen molar-refractivity contribution in [2.75, 3.05) is 0 Å². The molecule has 0 radical (unpaired) electrons. The van der Waals surface area contributed by atoms with Crippen molar-refractivity contribution in [3.05, 3.63) is 23.3 Å². The molecule has 0 heteroatoms. The molecule has 108 valence electrons. The van der Waals surface area contributed by atoms with E-state index in [4.69, 9.17) is 6.42 Å². The predicted octanol–water partition coefficient (Wildman–Crippen LogP) is 5.37. The van der Waals surface area contributed by atoms with Gasteiger partial charge in [-0.1, -0.05) is 44.4 Å². The largest absolute Gasteiger partial charge is 0.120 e. The van der Waals surface area contributed by atoms with E-state index in [9.17, 15) is 0 Å². The minimum absolute atomic E-state index is 0.251. The Balaban J connectivity index is 2.70. The first-order valence-electron chi connectivity index (χ1n) is 7.69. The average molecular weight is 268 g/mol. The van der Waals surface area contributed by atoms with Crippen molar-refractivity contribution in [2.45, 2.75) is 60.3 Å². The van der Waals surface area contributed by atoms with E-state index in [0.717, 1.165) is 6.42 Å². The lowest BCUT2D eigenvalue weighted by Gasteiger charge is -2.33. The van der Waals surface area contributed by atoms with E-state index in [1.54, 1.807) is 5.57 Å². The van der Waals surface area contributed by atoms with Gasteiger partial charge in [-0.25, -0.2) is 0 Å². The summed E-state index contributed by atoms with van der Waals surface area (Å²) in [4.78, 5) is 0. The zero-order chi connectivity index (χ0) is 15.2. The maximum Gasteiger partial charge on any atom is 0.0357 e. The summed E-state index contributed by atoms with van der Waals surface area (Å²) in [6.07, 6.45) is 14.5. The molecule has 0 aromatic carbocycles. The van der Waals surface area contributed by atoms with Gasteiger partial charge in [-0.2, -0.15) is 0 Å². The van der Waals surface area contributed by atoms with Gasteiger partial charge in [0.25, 0.3) is 0 Å². The Bertz CT molecular complexity index is 482. The van der Waals surface area contributed by atoms with E-state index in [1.165, 1.54) is 24.8 Å². The number of terminal acetylenes is 1. The Morgan fingerprint density at radius 1 is 1.35 bits per heavy atom. The highest BCUT2D eigenvalue weighted by molar-refractivity contribution is 5.33. The van der Waals surface area contributed by atoms with Gasteiger partial charge in [0.05, 0.1) is 0 Å². The molecule has 2 unspecified atom stereocenters. The van der Waals surface area contributed by atoms with Crippen LogP contribution in [0.3, 0.4) is 0 Å². The molecule has 0 nitrogen and oxygen atoms in total. The molecule has 0 saturated carbocycles. The van der Waals surface area contributed by atoms with Crippen LogP contribution in [0.1, 0.15) is 60.3 Å². The van der Waals surface area contributed by atoms with Crippen LogP contribution in [0.4, 0.5) is 0 Å². The summed E-state index contributed by atoms with van der Waals surface area (Å²) >= 11 is 0. The second-order valence-corrected chi connectivity index (χ2v) is 6.67. The summed E-state index contributed by atoms with van der Waals surface area (Å²) in [5, 5.41) is 0. The molecule has 0 aromatic rings. The van der Waals surface area contributed by atoms with E-state index in [0.29, 0.717) is 5.41 Å². The van der Waals surface area contributed by atoms with Gasteiger partial charge in [0.1, 0.15) is 0 Å². The average Bonchev–Trinajstić information content (AvgIpc) is 2.37. The fourth-order valence-electron chi connectivity index (χ4n) is 2.73. The zero-order valence-electron chi connectivity index (χ0n) is 13.7. The van der Waals surface area contributed by atoms with Crippen LogP contribution >= 0.6 is 0 Å². The first kappa shape index (κ1) is 16.7. The van der Waals surface area contributed by atoms with Crippen molar-refractivity contribution in [3.8, 4) is 24.2 Å². The van der Waals surface area contributed by atoms with Crippen LogP contribution in [-0.2, 0) is 0 Å². The number of rotatable bonds is 3. The van der Waals surface area contributed by atoms with Gasteiger partial charge in [-0.05, 0) is 44.1 Å². The molecule has 0 heterocycles. The van der Waals surface area contributed by atoms with Crippen molar-refractivity contribution in [1.82, 2.24) is 0 Å². The molecule has 0 spiro atoms. The fraction of sp³-hybridized carbons (Fsp3) is 0.600. The maximum absolute atomic E-state index is 5.35. The van der Waals surface area contributed by atoms with Gasteiger partial charge in [-0.15, -0.1) is 18.3 Å². The van der Waals surface area contributed by atoms with Crippen molar-refractivity contribution in [1.29, 1.82) is 0 Å². The van der Waals surface area contributed by atoms with Crippen LogP contribution in [-0.4, -0.2) is 0 Å². The minimum atomic E-state index is 0.251. The Morgan fingerprint density at radius 2 is 2.05 bits per heavy atom. The van der Waals surface area contributed by atoms with Gasteiger partial charge in [0.15, 0.2) is 0 Å². The fourth-order valence-corrected chi connectivity index (χ4v) is 2.73. The second kappa shape index (κ2) is 7.40. The van der Waals surface area contributed by atoms with Crippen LogP contribution < -0.4 is 0 Å². The van der Waals surface area contributed by atoms with Crippen molar-refractivity contribution >= 4 is 0 Å². The van der Waals surface area contributed by atoms with Crippen LogP contribution in [0.2, 0.25) is 0 Å². The summed E-state index contributed by atoms with van der Waals surface area (Å²) in [5.41, 5.74) is 3.36. The molecular weight excluding hydrogens is 240 g/mol. The first-order chi connectivity index (χ1) is 9.36. The van der Waals surface area contributed by atoms with Crippen LogP contribution in [0.5, 0.6) is 0 Å². The molecular formula is C20H28. The van der Waals surface area contributed by atoms with Gasteiger partial charge in [0, 0.05) is 18.3 Å². The minimum Gasteiger partial charge on any atom is -0.120 e. The molecule has 0 aliphatic heterocycles. The van der Waals surface area contributed by atoms with E-state index in [-0.39, 0.29) is 11.8 Å². The SMILES string of the molecule is C#CC(C)CC#CC(C)/C=C/C1=C(C)CCCC1(C)C. The lowest BCUT2D eigenvalue weighted by atomic mass is 9.72. The summed E-state index contributed by atoms with van der Waals surface area (Å²) < 4.78 is 0. The Hall–Kier alpha value is -1.40. The third kappa shape index (κ3) is 4.94. The van der Waals surface area contributed by atoms with Crippen molar-refractivity contribution in [2.24, 2.45) is 17.3 Å². The zero-order valence-corrected chi connectivity index (χ0v) is 13.7. The third-order valence-electron chi connectivity index (χ3n) is 4.12. The topological polar surface area (TPSA) is 0 Å². The molecule has 0 bridgehead atoms. The molecule has 1 aliphatic rings. The van der Waals surface area contributed by atoms with Gasteiger partial charge in [0.2, 0.25) is 0 Å². The molecule has 0 aromatic heterocycles. The summed E-state index contributed by atoms with van der Waals surface area (Å²) in [6, 6.07) is 0. The summed E-state index contributed by atoms with van der Waals surface area (Å²) in [5.74, 6) is 9.72. The predicted molar refractivity (Wildman–Crippen MR) is 89.0 cm³/mol. The van der Waals surface area contributed by atoms with Crippen LogP contribution in [0.15, 0.2) is 23.3 Å². The summed E-state index contributed by atoms with van der Waals surface area (Å²) in [6.45, 7) is 11.1. The highest BCUT2D eigenvalue weighted by Crippen LogP contribution is 2.40. The molecule has 2 atom stereocenters. The van der Waals surface area contributed by atoms with Gasteiger partial charge < -0.3 is 0 Å². The van der Waals surface area contributed by atoms with Gasteiger partial charge in [-0.3, -0.25) is 0 Å². The molecule has 1 aliphatic carbocycles. The molecule has 1 rings (SSSR count). The third-order valence-corrected chi connectivity index (χ3v) is 4.12. The van der Waals surface area contributed by atoms with Crippen molar-refractivity contribution in [3.63, 3.8) is 0 Å². The van der Waals surface area contributed by atoms with Crippen LogP contribution in [0, 0.1) is 41.4 Å². The molecule has 0 saturated heterocycles. The monoisotopic (exact) mass is 268 g/mol. The van der Waals surface area contributed by atoms with E-state index >= 15 is 0 Å². The molecule has 0 N–H and O–H groups in total. The molecule has 0 amide bonds. The standard InChI is InChI=1S/C20H28/c1-7-16(2)10-8-11-17(3)13-14-19-18(4)12-9-15-20(19,5)6/h1,13-14,16-17H,9-10,12,15H2,2-6H3/b14-13+. The Labute approximate surface area is 125 Å². The maximum atomic E-state index is 5.35. The van der Waals surface area contributed by atoms with E-state index in [1.807, 2.05) is 6.92 Å². The summed E-state index contributed by atoms with van der Waals surface area (Å²) in [7, 11) is 0. The number of allylic oxidation sites excluding steroid dienone is 4.